The van der Waals surface area contributed by atoms with Crippen molar-refractivity contribution < 1.29 is 0 Å². The van der Waals surface area contributed by atoms with Crippen molar-refractivity contribution in [1.82, 2.24) is 5.32 Å². The van der Waals surface area contributed by atoms with Crippen LogP contribution in [0.5, 0.6) is 0 Å². The zero-order valence-corrected chi connectivity index (χ0v) is 6.72. The molecular formula is C8H16N2. The average molecular weight is 140 g/mol. The van der Waals surface area contributed by atoms with Crippen molar-refractivity contribution in [2.24, 2.45) is 17.6 Å². The van der Waals surface area contributed by atoms with Gasteiger partial charge in [0, 0.05) is 6.54 Å². The van der Waals surface area contributed by atoms with E-state index in [1.807, 2.05) is 0 Å². The Morgan fingerprint density at radius 1 is 1.60 bits per heavy atom. The molecule has 1 rings (SSSR count). The summed E-state index contributed by atoms with van der Waals surface area (Å²) in [5.41, 5.74) is 5.64. The Balaban J connectivity index is 2.59. The van der Waals surface area contributed by atoms with Crippen LogP contribution in [0.3, 0.4) is 0 Å². The van der Waals surface area contributed by atoms with Gasteiger partial charge in [0.1, 0.15) is 0 Å². The van der Waals surface area contributed by atoms with Crippen molar-refractivity contribution in [3.63, 3.8) is 0 Å². The van der Waals surface area contributed by atoms with Gasteiger partial charge in [0.15, 0.2) is 0 Å². The second kappa shape index (κ2) is 2.95. The highest BCUT2D eigenvalue weighted by Crippen LogP contribution is 2.18. The molecule has 58 valence electrons. The zero-order valence-electron chi connectivity index (χ0n) is 6.72. The van der Waals surface area contributed by atoms with Gasteiger partial charge >= 0.3 is 0 Å². The Morgan fingerprint density at radius 2 is 2.30 bits per heavy atom. The van der Waals surface area contributed by atoms with E-state index in [1.165, 1.54) is 6.42 Å². The minimum Gasteiger partial charge on any atom is -0.386 e. The van der Waals surface area contributed by atoms with Crippen molar-refractivity contribution in [3.8, 4) is 0 Å². The molecule has 2 nitrogen and oxygen atoms in total. The molecule has 0 aliphatic carbocycles. The van der Waals surface area contributed by atoms with Crippen LogP contribution in [0.1, 0.15) is 20.3 Å². The first-order valence-corrected chi connectivity index (χ1v) is 3.91. The van der Waals surface area contributed by atoms with E-state index in [0.717, 1.165) is 18.3 Å². The van der Waals surface area contributed by atoms with Crippen LogP contribution >= 0.6 is 0 Å². The second-order valence-electron chi connectivity index (χ2n) is 3.17. The molecule has 2 heteroatoms. The first-order valence-electron chi connectivity index (χ1n) is 3.91. The highest BCUT2D eigenvalue weighted by atomic mass is 15.0. The van der Waals surface area contributed by atoms with Crippen molar-refractivity contribution in [2.45, 2.75) is 20.3 Å². The molecule has 2 atom stereocenters. The van der Waals surface area contributed by atoms with Crippen molar-refractivity contribution in [2.75, 3.05) is 6.54 Å². The third kappa shape index (κ3) is 1.66. The molecular weight excluding hydrogens is 124 g/mol. The van der Waals surface area contributed by atoms with E-state index in [1.54, 1.807) is 0 Å². The summed E-state index contributed by atoms with van der Waals surface area (Å²) in [6, 6.07) is 0. The number of nitrogens with two attached hydrogens (primary N) is 1. The van der Waals surface area contributed by atoms with E-state index in [9.17, 15) is 0 Å². The van der Waals surface area contributed by atoms with E-state index < -0.39 is 0 Å². The van der Waals surface area contributed by atoms with E-state index in [0.29, 0.717) is 5.92 Å². The lowest BCUT2D eigenvalue weighted by molar-refractivity contribution is 0.437. The maximum absolute atomic E-state index is 5.64. The smallest absolute Gasteiger partial charge is 0.0921 e. The molecule has 1 unspecified atom stereocenters. The molecule has 0 aromatic rings. The quantitative estimate of drug-likeness (QED) is 0.528. The van der Waals surface area contributed by atoms with Crippen LogP contribution in [0.4, 0.5) is 0 Å². The summed E-state index contributed by atoms with van der Waals surface area (Å²) in [5.74, 6) is 2.22. The summed E-state index contributed by atoms with van der Waals surface area (Å²) in [6.07, 6.45) is 3.33. The van der Waals surface area contributed by atoms with Crippen molar-refractivity contribution in [3.05, 3.63) is 11.9 Å². The van der Waals surface area contributed by atoms with Gasteiger partial charge in [-0.05, 0) is 24.3 Å². The molecule has 0 saturated carbocycles. The van der Waals surface area contributed by atoms with Crippen LogP contribution in [-0.4, -0.2) is 6.54 Å². The van der Waals surface area contributed by atoms with E-state index >= 15 is 0 Å². The molecule has 0 saturated heterocycles. The number of allylic oxidation sites excluding steroid dienone is 1. The zero-order chi connectivity index (χ0) is 7.56. The molecule has 0 bridgehead atoms. The van der Waals surface area contributed by atoms with Crippen LogP contribution in [0.25, 0.3) is 0 Å². The molecule has 0 fully saturated rings. The third-order valence-electron chi connectivity index (χ3n) is 2.27. The molecule has 0 radical (unpaired) electrons. The highest BCUT2D eigenvalue weighted by molar-refractivity contribution is 5.00. The van der Waals surface area contributed by atoms with E-state index in [2.05, 4.69) is 25.2 Å². The SMILES string of the molecule is CC1C=C(N)NCC[C@H]1C. The maximum atomic E-state index is 5.64. The maximum Gasteiger partial charge on any atom is 0.0921 e. The minimum absolute atomic E-state index is 0.620. The summed E-state index contributed by atoms with van der Waals surface area (Å²) in [7, 11) is 0. The summed E-state index contributed by atoms with van der Waals surface area (Å²) >= 11 is 0. The molecule has 0 aromatic carbocycles. The average Bonchev–Trinajstić information content (AvgIpc) is 1.96. The minimum atomic E-state index is 0.620. The van der Waals surface area contributed by atoms with Crippen LogP contribution in [0.15, 0.2) is 11.9 Å². The molecule has 1 aliphatic rings. The number of rotatable bonds is 0. The highest BCUT2D eigenvalue weighted by Gasteiger charge is 2.12. The number of hydrogen-bond acceptors (Lipinski definition) is 2. The fourth-order valence-electron chi connectivity index (χ4n) is 1.21. The lowest BCUT2D eigenvalue weighted by atomic mass is 9.94. The lowest BCUT2D eigenvalue weighted by Crippen LogP contribution is -2.19. The summed E-state index contributed by atoms with van der Waals surface area (Å²) in [5, 5.41) is 3.14. The molecule has 3 N–H and O–H groups in total. The summed E-state index contributed by atoms with van der Waals surface area (Å²) in [4.78, 5) is 0. The van der Waals surface area contributed by atoms with Gasteiger partial charge < -0.3 is 11.1 Å². The monoisotopic (exact) mass is 140 g/mol. The van der Waals surface area contributed by atoms with E-state index in [4.69, 9.17) is 5.73 Å². The van der Waals surface area contributed by atoms with Gasteiger partial charge in [-0.1, -0.05) is 13.8 Å². The Morgan fingerprint density at radius 3 is 3.00 bits per heavy atom. The molecule has 0 spiro atoms. The topological polar surface area (TPSA) is 38.0 Å². The molecule has 1 heterocycles. The molecule has 10 heavy (non-hydrogen) atoms. The fraction of sp³-hybridized carbons (Fsp3) is 0.750. The second-order valence-corrected chi connectivity index (χ2v) is 3.17. The molecule has 0 aromatic heterocycles. The van der Waals surface area contributed by atoms with Gasteiger partial charge in [-0.25, -0.2) is 0 Å². The Labute approximate surface area is 62.5 Å². The normalized spacial score (nSPS) is 34.0. The Bertz CT molecular complexity index is 140. The van der Waals surface area contributed by atoms with Gasteiger partial charge in [-0.2, -0.15) is 0 Å². The van der Waals surface area contributed by atoms with Gasteiger partial charge in [0.25, 0.3) is 0 Å². The van der Waals surface area contributed by atoms with Crippen LogP contribution in [0.2, 0.25) is 0 Å². The van der Waals surface area contributed by atoms with Crippen molar-refractivity contribution in [1.29, 1.82) is 0 Å². The first-order chi connectivity index (χ1) is 4.70. The van der Waals surface area contributed by atoms with Gasteiger partial charge in [-0.15, -0.1) is 0 Å². The molecule has 0 amide bonds. The predicted octanol–water partition coefficient (Wildman–Crippen LogP) is 1.05. The van der Waals surface area contributed by atoms with Crippen LogP contribution in [-0.2, 0) is 0 Å². The number of nitrogens with one attached hydrogen (secondary N) is 1. The van der Waals surface area contributed by atoms with Gasteiger partial charge in [0.2, 0.25) is 0 Å². The van der Waals surface area contributed by atoms with Gasteiger partial charge in [-0.3, -0.25) is 0 Å². The van der Waals surface area contributed by atoms with Gasteiger partial charge in [0.05, 0.1) is 5.82 Å². The molecule has 1 aliphatic heterocycles. The predicted molar refractivity (Wildman–Crippen MR) is 43.2 cm³/mol. The summed E-state index contributed by atoms with van der Waals surface area (Å²) < 4.78 is 0. The summed E-state index contributed by atoms with van der Waals surface area (Å²) in [6.45, 7) is 5.50. The third-order valence-corrected chi connectivity index (χ3v) is 2.27. The largest absolute Gasteiger partial charge is 0.386 e. The Hall–Kier alpha value is -0.660. The van der Waals surface area contributed by atoms with Crippen molar-refractivity contribution >= 4 is 0 Å². The van der Waals surface area contributed by atoms with Crippen LogP contribution < -0.4 is 11.1 Å². The first kappa shape index (κ1) is 7.45. The Kier molecular flexibility index (Phi) is 2.20. The van der Waals surface area contributed by atoms with Crippen LogP contribution in [0, 0.1) is 11.8 Å². The lowest BCUT2D eigenvalue weighted by Gasteiger charge is -2.11. The fourth-order valence-corrected chi connectivity index (χ4v) is 1.21. The van der Waals surface area contributed by atoms with E-state index in [-0.39, 0.29) is 0 Å². The standard InChI is InChI=1S/C8H16N2/c1-6-3-4-10-8(9)5-7(6)2/h5-7,10H,3-4,9H2,1-2H3/t6-,7?/m1/s1. The number of hydrogen-bond donors (Lipinski definition) is 2.